The van der Waals surface area contributed by atoms with E-state index in [0.717, 1.165) is 28.6 Å². The first kappa shape index (κ1) is 14.3. The quantitative estimate of drug-likeness (QED) is 0.796. The molecule has 0 bridgehead atoms. The van der Waals surface area contributed by atoms with Crippen LogP contribution in [-0.2, 0) is 0 Å². The van der Waals surface area contributed by atoms with E-state index in [1.807, 2.05) is 32.0 Å². The minimum Gasteiger partial charge on any atom is -0.394 e. The first-order valence-corrected chi connectivity index (χ1v) is 7.20. The minimum atomic E-state index is -0.520. The van der Waals surface area contributed by atoms with Crippen molar-refractivity contribution < 1.29 is 9.90 Å². The summed E-state index contributed by atoms with van der Waals surface area (Å²) in [5, 5.41) is 15.2. The van der Waals surface area contributed by atoms with Gasteiger partial charge in [-0.15, -0.1) is 0 Å². The van der Waals surface area contributed by atoms with E-state index >= 15 is 0 Å². The molecule has 0 spiro atoms. The zero-order valence-corrected chi connectivity index (χ0v) is 12.8. The lowest BCUT2D eigenvalue weighted by Crippen LogP contribution is -2.52. The number of amides is 2. The van der Waals surface area contributed by atoms with Crippen LogP contribution in [0.4, 0.5) is 10.5 Å². The van der Waals surface area contributed by atoms with Gasteiger partial charge in [0.1, 0.15) is 0 Å². The maximum atomic E-state index is 12.0. The lowest BCUT2D eigenvalue weighted by molar-refractivity contribution is 0.159. The molecule has 0 aromatic heterocycles. The Labute approximate surface area is 121 Å². The Balaban J connectivity index is 2.00. The lowest BCUT2D eigenvalue weighted by atomic mass is 9.97. The number of hydrogen-bond acceptors (Lipinski definition) is 2. The molecule has 5 heteroatoms. The van der Waals surface area contributed by atoms with Crippen LogP contribution in [0.15, 0.2) is 22.7 Å². The van der Waals surface area contributed by atoms with Gasteiger partial charge < -0.3 is 15.7 Å². The molecular weight excluding hydrogens is 308 g/mol. The van der Waals surface area contributed by atoms with Gasteiger partial charge in [0.05, 0.1) is 12.1 Å². The Kier molecular flexibility index (Phi) is 4.16. The Hall–Kier alpha value is -1.07. The Morgan fingerprint density at radius 1 is 1.53 bits per heavy atom. The summed E-state index contributed by atoms with van der Waals surface area (Å²) in [5.74, 6) is 0.384. The highest BCUT2D eigenvalue weighted by Crippen LogP contribution is 2.39. The zero-order chi connectivity index (χ0) is 14.0. The average Bonchev–Trinajstić information content (AvgIpc) is 3.17. The normalized spacial score (nSPS) is 17.7. The van der Waals surface area contributed by atoms with Gasteiger partial charge in [0.2, 0.25) is 0 Å². The predicted molar refractivity (Wildman–Crippen MR) is 79.2 cm³/mol. The first-order chi connectivity index (χ1) is 8.94. The summed E-state index contributed by atoms with van der Waals surface area (Å²) >= 11 is 3.39. The summed E-state index contributed by atoms with van der Waals surface area (Å²) in [6, 6.07) is 5.41. The van der Waals surface area contributed by atoms with Crippen LogP contribution < -0.4 is 10.6 Å². The second-order valence-corrected chi connectivity index (χ2v) is 6.30. The number of rotatable bonds is 4. The third-order valence-electron chi connectivity index (χ3n) is 3.64. The van der Waals surface area contributed by atoms with Gasteiger partial charge in [-0.2, -0.15) is 0 Å². The highest BCUT2D eigenvalue weighted by molar-refractivity contribution is 9.10. The third-order valence-corrected chi connectivity index (χ3v) is 4.14. The van der Waals surface area contributed by atoms with E-state index in [4.69, 9.17) is 0 Å². The van der Waals surface area contributed by atoms with Crippen LogP contribution in [0.3, 0.4) is 0 Å². The molecule has 19 heavy (non-hydrogen) atoms. The Morgan fingerprint density at radius 2 is 2.21 bits per heavy atom. The second kappa shape index (κ2) is 5.51. The lowest BCUT2D eigenvalue weighted by Gasteiger charge is -2.28. The fourth-order valence-electron chi connectivity index (χ4n) is 2.17. The fraction of sp³-hybridized carbons (Fsp3) is 0.500. The number of aliphatic hydroxyl groups is 1. The van der Waals surface area contributed by atoms with Crippen LogP contribution in [-0.4, -0.2) is 23.3 Å². The molecule has 0 radical (unpaired) electrons. The van der Waals surface area contributed by atoms with Crippen molar-refractivity contribution in [1.82, 2.24) is 5.32 Å². The molecule has 104 valence electrons. The highest BCUT2D eigenvalue weighted by Gasteiger charge is 2.42. The van der Waals surface area contributed by atoms with E-state index in [-0.39, 0.29) is 12.6 Å². The van der Waals surface area contributed by atoms with Gasteiger partial charge in [-0.05, 0) is 56.4 Å². The smallest absolute Gasteiger partial charge is 0.319 e. The molecule has 3 N–H and O–H groups in total. The van der Waals surface area contributed by atoms with Gasteiger partial charge in [0, 0.05) is 10.2 Å². The van der Waals surface area contributed by atoms with Crippen molar-refractivity contribution in [3.05, 3.63) is 28.2 Å². The molecule has 0 saturated heterocycles. The molecule has 0 aliphatic heterocycles. The number of carbonyl (C=O) groups is 1. The summed E-state index contributed by atoms with van der Waals surface area (Å²) in [7, 11) is 0. The van der Waals surface area contributed by atoms with Crippen LogP contribution in [0.25, 0.3) is 0 Å². The zero-order valence-electron chi connectivity index (χ0n) is 11.2. The second-order valence-electron chi connectivity index (χ2n) is 5.39. The maximum Gasteiger partial charge on any atom is 0.319 e. The predicted octanol–water partition coefficient (Wildman–Crippen LogP) is 3.04. The van der Waals surface area contributed by atoms with Gasteiger partial charge in [-0.25, -0.2) is 4.79 Å². The molecule has 1 aromatic carbocycles. The van der Waals surface area contributed by atoms with E-state index in [9.17, 15) is 9.90 Å². The van der Waals surface area contributed by atoms with Crippen LogP contribution in [0, 0.1) is 12.8 Å². The molecule has 1 fully saturated rings. The highest BCUT2D eigenvalue weighted by atomic mass is 79.9. The van der Waals surface area contributed by atoms with E-state index < -0.39 is 5.54 Å². The van der Waals surface area contributed by atoms with Crippen LogP contribution in [0.1, 0.15) is 25.3 Å². The van der Waals surface area contributed by atoms with Crippen LogP contribution in [0.5, 0.6) is 0 Å². The fourth-order valence-corrected chi connectivity index (χ4v) is 2.65. The van der Waals surface area contributed by atoms with Crippen molar-refractivity contribution in [2.45, 2.75) is 32.2 Å². The summed E-state index contributed by atoms with van der Waals surface area (Å²) < 4.78 is 0.981. The number of aryl methyl sites for hydroxylation is 1. The number of anilines is 1. The summed E-state index contributed by atoms with van der Waals surface area (Å²) in [6.07, 6.45) is 2.13. The van der Waals surface area contributed by atoms with Gasteiger partial charge in [0.15, 0.2) is 0 Å². The molecule has 1 atom stereocenters. The van der Waals surface area contributed by atoms with Gasteiger partial charge in [-0.3, -0.25) is 0 Å². The first-order valence-electron chi connectivity index (χ1n) is 6.41. The molecule has 1 unspecified atom stereocenters. The maximum absolute atomic E-state index is 12.0. The van der Waals surface area contributed by atoms with Crippen LogP contribution in [0.2, 0.25) is 0 Å². The molecule has 4 nitrogen and oxygen atoms in total. The van der Waals surface area contributed by atoms with Crippen molar-refractivity contribution in [1.29, 1.82) is 0 Å². The van der Waals surface area contributed by atoms with Crippen molar-refractivity contribution in [3.8, 4) is 0 Å². The minimum absolute atomic E-state index is 0.0373. The van der Waals surface area contributed by atoms with E-state index in [0.29, 0.717) is 5.92 Å². The van der Waals surface area contributed by atoms with Crippen molar-refractivity contribution in [3.63, 3.8) is 0 Å². The number of hydrogen-bond donors (Lipinski definition) is 3. The number of nitrogens with one attached hydrogen (secondary N) is 2. The van der Waals surface area contributed by atoms with Crippen molar-refractivity contribution >= 4 is 27.6 Å². The molecule has 1 saturated carbocycles. The van der Waals surface area contributed by atoms with Crippen molar-refractivity contribution in [2.75, 3.05) is 11.9 Å². The Bertz CT molecular complexity index is 488. The van der Waals surface area contributed by atoms with Gasteiger partial charge in [0.25, 0.3) is 0 Å². The average molecular weight is 327 g/mol. The molecule has 1 aliphatic rings. The van der Waals surface area contributed by atoms with Gasteiger partial charge >= 0.3 is 6.03 Å². The Morgan fingerprint density at radius 3 is 2.74 bits per heavy atom. The number of benzene rings is 1. The van der Waals surface area contributed by atoms with Crippen LogP contribution >= 0.6 is 15.9 Å². The number of urea groups is 1. The number of carbonyl (C=O) groups excluding carboxylic acids is 1. The molecule has 1 aliphatic carbocycles. The number of aliphatic hydroxyl groups excluding tert-OH is 1. The molecule has 0 heterocycles. The van der Waals surface area contributed by atoms with Crippen molar-refractivity contribution in [2.24, 2.45) is 5.92 Å². The largest absolute Gasteiger partial charge is 0.394 e. The standard InChI is InChI=1S/C14H19BrN2O2/c1-9-7-11(15)5-6-12(9)16-13(19)17-14(2,8-18)10-3-4-10/h5-7,10,18H,3-4,8H2,1-2H3,(H2,16,17,19). The van der Waals surface area contributed by atoms with E-state index in [1.165, 1.54) is 0 Å². The third kappa shape index (κ3) is 3.48. The van der Waals surface area contributed by atoms with E-state index in [1.54, 1.807) is 0 Å². The molecule has 2 rings (SSSR count). The topological polar surface area (TPSA) is 61.4 Å². The van der Waals surface area contributed by atoms with E-state index in [2.05, 4.69) is 26.6 Å². The SMILES string of the molecule is Cc1cc(Br)ccc1NC(=O)NC(C)(CO)C1CC1. The summed E-state index contributed by atoms with van der Waals surface area (Å²) in [5.41, 5.74) is 1.24. The molecule has 2 amide bonds. The monoisotopic (exact) mass is 326 g/mol. The molecule has 1 aromatic rings. The summed E-state index contributed by atoms with van der Waals surface area (Å²) in [4.78, 5) is 12.0. The van der Waals surface area contributed by atoms with Gasteiger partial charge in [-0.1, -0.05) is 15.9 Å². The number of halogens is 1. The summed E-state index contributed by atoms with van der Waals surface area (Å²) in [6.45, 7) is 3.79. The molecular formula is C14H19BrN2O2.